The Morgan fingerprint density at radius 2 is 2.13 bits per heavy atom. The molecule has 0 aromatic heterocycles. The summed E-state index contributed by atoms with van der Waals surface area (Å²) >= 11 is 0. The van der Waals surface area contributed by atoms with Crippen molar-refractivity contribution in [2.75, 3.05) is 5.32 Å². The Morgan fingerprint density at radius 3 is 2.80 bits per heavy atom. The van der Waals surface area contributed by atoms with Gasteiger partial charge in [0.1, 0.15) is 0 Å². The van der Waals surface area contributed by atoms with E-state index in [1.807, 2.05) is 18.2 Å². The van der Waals surface area contributed by atoms with Crippen LogP contribution in [-0.4, -0.2) is 11.1 Å². The van der Waals surface area contributed by atoms with E-state index in [0.717, 1.165) is 17.2 Å². The van der Waals surface area contributed by atoms with Gasteiger partial charge in [-0.3, -0.25) is 0 Å². The van der Waals surface area contributed by atoms with Gasteiger partial charge >= 0.3 is 0 Å². The molecule has 0 aliphatic heterocycles. The lowest BCUT2D eigenvalue weighted by Crippen LogP contribution is -2.16. The van der Waals surface area contributed by atoms with Crippen LogP contribution in [0.15, 0.2) is 24.3 Å². The van der Waals surface area contributed by atoms with Gasteiger partial charge < -0.3 is 10.4 Å². The zero-order valence-electron chi connectivity index (χ0n) is 9.24. The molecule has 0 radical (unpaired) electrons. The molecule has 0 saturated heterocycles. The van der Waals surface area contributed by atoms with Gasteiger partial charge in [0, 0.05) is 17.3 Å². The highest BCUT2D eigenvalue weighted by atomic mass is 16.3. The van der Waals surface area contributed by atoms with E-state index in [9.17, 15) is 5.11 Å². The first kappa shape index (κ1) is 10.5. The summed E-state index contributed by atoms with van der Waals surface area (Å²) in [4.78, 5) is 0. The molecule has 0 spiro atoms. The van der Waals surface area contributed by atoms with Crippen LogP contribution in [-0.2, 0) is 6.61 Å². The monoisotopic (exact) mass is 205 g/mol. The number of hydrogen-bond acceptors (Lipinski definition) is 2. The Bertz CT molecular complexity index is 324. The lowest BCUT2D eigenvalue weighted by molar-refractivity contribution is 0.282. The van der Waals surface area contributed by atoms with Crippen LogP contribution >= 0.6 is 0 Å². The number of para-hydroxylation sites is 1. The first-order chi connectivity index (χ1) is 7.29. The highest BCUT2D eigenvalue weighted by Gasteiger charge is 2.21. The van der Waals surface area contributed by atoms with Crippen molar-refractivity contribution in [2.45, 2.75) is 38.8 Å². The second-order valence-corrected chi connectivity index (χ2v) is 4.57. The smallest absolute Gasteiger partial charge is 0.0701 e. The minimum atomic E-state index is 0.117. The van der Waals surface area contributed by atoms with Crippen molar-refractivity contribution in [1.82, 2.24) is 0 Å². The quantitative estimate of drug-likeness (QED) is 0.795. The summed E-state index contributed by atoms with van der Waals surface area (Å²) in [5.74, 6) is 0.837. The molecule has 1 aromatic rings. The zero-order valence-corrected chi connectivity index (χ0v) is 9.24. The van der Waals surface area contributed by atoms with Crippen molar-refractivity contribution >= 4 is 5.69 Å². The van der Waals surface area contributed by atoms with Crippen LogP contribution in [0.1, 0.15) is 31.7 Å². The van der Waals surface area contributed by atoms with E-state index >= 15 is 0 Å². The van der Waals surface area contributed by atoms with E-state index in [0.29, 0.717) is 6.04 Å². The van der Waals surface area contributed by atoms with E-state index in [-0.39, 0.29) is 6.61 Å². The molecule has 2 heteroatoms. The zero-order chi connectivity index (χ0) is 10.7. The van der Waals surface area contributed by atoms with Crippen LogP contribution in [0.5, 0.6) is 0 Å². The Hall–Kier alpha value is -1.02. The van der Waals surface area contributed by atoms with Crippen LogP contribution in [0.4, 0.5) is 5.69 Å². The molecule has 82 valence electrons. The summed E-state index contributed by atoms with van der Waals surface area (Å²) in [7, 11) is 0. The first-order valence-electron chi connectivity index (χ1n) is 5.75. The molecule has 0 heterocycles. The molecule has 1 fully saturated rings. The van der Waals surface area contributed by atoms with Gasteiger partial charge in [0.25, 0.3) is 0 Å². The van der Waals surface area contributed by atoms with Crippen LogP contribution in [0.3, 0.4) is 0 Å². The number of rotatable bonds is 3. The van der Waals surface area contributed by atoms with Crippen LogP contribution in [0.2, 0.25) is 0 Å². The van der Waals surface area contributed by atoms with Gasteiger partial charge in [0.15, 0.2) is 0 Å². The molecule has 2 rings (SSSR count). The summed E-state index contributed by atoms with van der Waals surface area (Å²) < 4.78 is 0. The van der Waals surface area contributed by atoms with Crippen molar-refractivity contribution in [1.29, 1.82) is 0 Å². The fraction of sp³-hybridized carbons (Fsp3) is 0.538. The molecular formula is C13H19NO. The number of hydrogen-bond donors (Lipinski definition) is 2. The van der Waals surface area contributed by atoms with Crippen LogP contribution in [0.25, 0.3) is 0 Å². The predicted molar refractivity (Wildman–Crippen MR) is 62.8 cm³/mol. The van der Waals surface area contributed by atoms with Gasteiger partial charge in [-0.15, -0.1) is 0 Å². The van der Waals surface area contributed by atoms with E-state index in [2.05, 4.69) is 18.3 Å². The maximum atomic E-state index is 9.20. The average Bonchev–Trinajstić information content (AvgIpc) is 2.65. The third-order valence-corrected chi connectivity index (χ3v) is 3.24. The molecule has 0 bridgehead atoms. The van der Waals surface area contributed by atoms with E-state index in [1.165, 1.54) is 19.3 Å². The highest BCUT2D eigenvalue weighted by molar-refractivity contribution is 5.51. The largest absolute Gasteiger partial charge is 0.392 e. The lowest BCUT2D eigenvalue weighted by atomic mass is 10.1. The van der Waals surface area contributed by atoms with Crippen molar-refractivity contribution in [2.24, 2.45) is 5.92 Å². The maximum absolute atomic E-state index is 9.20. The van der Waals surface area contributed by atoms with Crippen LogP contribution in [0, 0.1) is 5.92 Å². The Kier molecular flexibility index (Phi) is 3.27. The number of benzene rings is 1. The molecule has 2 nitrogen and oxygen atoms in total. The SMILES string of the molecule is C[C@H]1CC[C@H](Nc2ccccc2CO)C1. The summed E-state index contributed by atoms with van der Waals surface area (Å²) in [6, 6.07) is 8.59. The van der Waals surface area contributed by atoms with Gasteiger partial charge in [0.05, 0.1) is 6.61 Å². The second-order valence-electron chi connectivity index (χ2n) is 4.57. The Balaban J connectivity index is 2.04. The van der Waals surface area contributed by atoms with Crippen molar-refractivity contribution in [3.05, 3.63) is 29.8 Å². The molecule has 0 amide bonds. The summed E-state index contributed by atoms with van der Waals surface area (Å²) in [5, 5.41) is 12.7. The molecule has 2 N–H and O–H groups in total. The maximum Gasteiger partial charge on any atom is 0.0701 e. The first-order valence-corrected chi connectivity index (χ1v) is 5.75. The Labute approximate surface area is 91.3 Å². The molecule has 1 aliphatic rings. The second kappa shape index (κ2) is 4.67. The van der Waals surface area contributed by atoms with Crippen molar-refractivity contribution in [3.8, 4) is 0 Å². The molecular weight excluding hydrogens is 186 g/mol. The molecule has 15 heavy (non-hydrogen) atoms. The number of anilines is 1. The minimum absolute atomic E-state index is 0.117. The molecule has 2 atom stereocenters. The standard InChI is InChI=1S/C13H19NO/c1-10-6-7-12(8-10)14-13-5-3-2-4-11(13)9-15/h2-5,10,12,14-15H,6-9H2,1H3/t10-,12-/m0/s1. The van der Waals surface area contributed by atoms with Gasteiger partial charge in [0.2, 0.25) is 0 Å². The average molecular weight is 205 g/mol. The van der Waals surface area contributed by atoms with Gasteiger partial charge in [-0.25, -0.2) is 0 Å². The summed E-state index contributed by atoms with van der Waals surface area (Å²) in [6.45, 7) is 2.42. The molecule has 1 saturated carbocycles. The summed E-state index contributed by atoms with van der Waals surface area (Å²) in [5.41, 5.74) is 2.09. The predicted octanol–water partition coefficient (Wildman–Crippen LogP) is 2.78. The fourth-order valence-corrected chi connectivity index (χ4v) is 2.36. The lowest BCUT2D eigenvalue weighted by Gasteiger charge is -2.16. The normalized spacial score (nSPS) is 25.5. The van der Waals surface area contributed by atoms with Crippen LogP contribution < -0.4 is 5.32 Å². The third-order valence-electron chi connectivity index (χ3n) is 3.24. The van der Waals surface area contributed by atoms with E-state index in [1.54, 1.807) is 0 Å². The molecule has 1 aromatic carbocycles. The van der Waals surface area contributed by atoms with Gasteiger partial charge in [-0.2, -0.15) is 0 Å². The molecule has 1 aliphatic carbocycles. The van der Waals surface area contributed by atoms with E-state index < -0.39 is 0 Å². The van der Waals surface area contributed by atoms with E-state index in [4.69, 9.17) is 0 Å². The number of aliphatic hydroxyl groups excluding tert-OH is 1. The van der Waals surface area contributed by atoms with Gasteiger partial charge in [-0.05, 0) is 31.2 Å². The topological polar surface area (TPSA) is 32.3 Å². The summed E-state index contributed by atoms with van der Waals surface area (Å²) in [6.07, 6.45) is 3.82. The van der Waals surface area contributed by atoms with Gasteiger partial charge in [-0.1, -0.05) is 25.1 Å². The van der Waals surface area contributed by atoms with Crippen molar-refractivity contribution < 1.29 is 5.11 Å². The minimum Gasteiger partial charge on any atom is -0.392 e. The Morgan fingerprint density at radius 1 is 1.33 bits per heavy atom. The third kappa shape index (κ3) is 2.51. The highest BCUT2D eigenvalue weighted by Crippen LogP contribution is 2.28. The fourth-order valence-electron chi connectivity index (χ4n) is 2.36. The molecule has 0 unspecified atom stereocenters. The number of nitrogens with one attached hydrogen (secondary N) is 1. The van der Waals surface area contributed by atoms with Crippen molar-refractivity contribution in [3.63, 3.8) is 0 Å². The number of aliphatic hydroxyl groups is 1.